The van der Waals surface area contributed by atoms with E-state index in [1.165, 1.54) is 12.3 Å². The van der Waals surface area contributed by atoms with Gasteiger partial charge in [0.25, 0.3) is 0 Å². The highest BCUT2D eigenvalue weighted by Crippen LogP contribution is 2.28. The van der Waals surface area contributed by atoms with E-state index in [1.54, 1.807) is 12.1 Å². The molecular formula is C11H7ClF3N3. The first-order valence-electron chi connectivity index (χ1n) is 4.87. The molecule has 18 heavy (non-hydrogen) atoms. The molecule has 0 aliphatic carbocycles. The molecule has 0 aromatic carbocycles. The summed E-state index contributed by atoms with van der Waals surface area (Å²) in [5.41, 5.74) is -0.519. The summed E-state index contributed by atoms with van der Waals surface area (Å²) in [5.74, 6) is 0.473. The number of nitrogens with one attached hydrogen (secondary N) is 1. The average molecular weight is 274 g/mol. The number of alkyl halides is 3. The summed E-state index contributed by atoms with van der Waals surface area (Å²) in [6.45, 7) is 0. The maximum absolute atomic E-state index is 12.3. The van der Waals surface area contributed by atoms with Gasteiger partial charge in [-0.3, -0.25) is 0 Å². The summed E-state index contributed by atoms with van der Waals surface area (Å²) in [7, 11) is 0. The van der Waals surface area contributed by atoms with E-state index in [0.29, 0.717) is 16.5 Å². The lowest BCUT2D eigenvalue weighted by Gasteiger charge is -2.08. The van der Waals surface area contributed by atoms with E-state index in [9.17, 15) is 13.2 Å². The summed E-state index contributed by atoms with van der Waals surface area (Å²) < 4.78 is 36.8. The lowest BCUT2D eigenvalue weighted by molar-refractivity contribution is -0.141. The number of anilines is 2. The monoisotopic (exact) mass is 273 g/mol. The molecule has 94 valence electrons. The van der Waals surface area contributed by atoms with E-state index in [4.69, 9.17) is 11.6 Å². The van der Waals surface area contributed by atoms with E-state index >= 15 is 0 Å². The fourth-order valence-electron chi connectivity index (χ4n) is 1.23. The Hall–Kier alpha value is -1.82. The molecular weight excluding hydrogens is 267 g/mol. The van der Waals surface area contributed by atoms with Crippen LogP contribution >= 0.6 is 11.6 Å². The molecule has 0 fully saturated rings. The lowest BCUT2D eigenvalue weighted by atomic mass is 10.3. The molecule has 0 amide bonds. The normalized spacial score (nSPS) is 11.3. The molecule has 0 aliphatic rings. The zero-order chi connectivity index (χ0) is 13.2. The first kappa shape index (κ1) is 12.6. The second-order valence-electron chi connectivity index (χ2n) is 3.42. The maximum Gasteiger partial charge on any atom is 0.433 e. The molecule has 1 N–H and O–H groups in total. The van der Waals surface area contributed by atoms with Crippen molar-refractivity contribution in [3.05, 3.63) is 47.4 Å². The van der Waals surface area contributed by atoms with Crippen LogP contribution in [-0.2, 0) is 6.18 Å². The first-order valence-corrected chi connectivity index (χ1v) is 5.25. The second kappa shape index (κ2) is 4.81. The van der Waals surface area contributed by atoms with Crippen LogP contribution in [0.2, 0.25) is 5.02 Å². The summed E-state index contributed by atoms with van der Waals surface area (Å²) in [6, 6.07) is 5.42. The average Bonchev–Trinajstić information content (AvgIpc) is 2.32. The van der Waals surface area contributed by atoms with Gasteiger partial charge in [-0.25, -0.2) is 9.97 Å². The number of halogens is 4. The number of hydrogen-bond donors (Lipinski definition) is 1. The van der Waals surface area contributed by atoms with Crippen molar-refractivity contribution < 1.29 is 13.2 Å². The van der Waals surface area contributed by atoms with Crippen LogP contribution in [0.3, 0.4) is 0 Å². The van der Waals surface area contributed by atoms with Gasteiger partial charge in [0, 0.05) is 6.20 Å². The van der Waals surface area contributed by atoms with Crippen LogP contribution in [0.1, 0.15) is 5.69 Å². The van der Waals surface area contributed by atoms with Crippen LogP contribution < -0.4 is 5.32 Å². The highest BCUT2D eigenvalue weighted by Gasteiger charge is 2.31. The van der Waals surface area contributed by atoms with Crippen molar-refractivity contribution in [1.82, 2.24) is 9.97 Å². The van der Waals surface area contributed by atoms with Crippen LogP contribution in [0.4, 0.5) is 24.7 Å². The molecule has 0 saturated carbocycles. The van der Waals surface area contributed by atoms with Crippen molar-refractivity contribution in [1.29, 1.82) is 0 Å². The molecule has 2 rings (SSSR count). The first-order chi connectivity index (χ1) is 8.45. The van der Waals surface area contributed by atoms with Crippen LogP contribution in [0.15, 0.2) is 36.7 Å². The summed E-state index contributed by atoms with van der Waals surface area (Å²) in [4.78, 5) is 7.27. The molecule has 2 aromatic heterocycles. The van der Waals surface area contributed by atoms with Gasteiger partial charge in [0.15, 0.2) is 0 Å². The minimum absolute atomic E-state index is 0.415. The van der Waals surface area contributed by atoms with Gasteiger partial charge in [0.05, 0.1) is 16.9 Å². The van der Waals surface area contributed by atoms with E-state index in [-0.39, 0.29) is 0 Å². The summed E-state index contributed by atoms with van der Waals surface area (Å²) in [5, 5.41) is 3.29. The van der Waals surface area contributed by atoms with Gasteiger partial charge in [0.2, 0.25) is 0 Å². The van der Waals surface area contributed by atoms with E-state index in [2.05, 4.69) is 15.3 Å². The van der Waals surface area contributed by atoms with Crippen molar-refractivity contribution in [3.8, 4) is 0 Å². The van der Waals surface area contributed by atoms with Gasteiger partial charge in [-0.05, 0) is 24.3 Å². The second-order valence-corrected chi connectivity index (χ2v) is 3.85. The van der Waals surface area contributed by atoms with Gasteiger partial charge in [0.1, 0.15) is 11.5 Å². The Labute approximate surface area is 106 Å². The van der Waals surface area contributed by atoms with E-state index < -0.39 is 11.9 Å². The fourth-order valence-corrected chi connectivity index (χ4v) is 1.34. The van der Waals surface area contributed by atoms with Crippen molar-refractivity contribution in [3.63, 3.8) is 0 Å². The Morgan fingerprint density at radius 2 is 1.78 bits per heavy atom. The van der Waals surface area contributed by atoms with Gasteiger partial charge in [-0.15, -0.1) is 0 Å². The molecule has 0 atom stereocenters. The molecule has 0 radical (unpaired) electrons. The van der Waals surface area contributed by atoms with Crippen LogP contribution in [0, 0.1) is 0 Å². The third-order valence-corrected chi connectivity index (χ3v) is 2.28. The quantitative estimate of drug-likeness (QED) is 0.902. The largest absolute Gasteiger partial charge is 0.433 e. The Kier molecular flexibility index (Phi) is 3.38. The van der Waals surface area contributed by atoms with E-state index in [1.807, 2.05) is 0 Å². The topological polar surface area (TPSA) is 37.8 Å². The predicted molar refractivity (Wildman–Crippen MR) is 61.8 cm³/mol. The third-order valence-electron chi connectivity index (χ3n) is 2.05. The molecule has 0 spiro atoms. The van der Waals surface area contributed by atoms with Gasteiger partial charge >= 0.3 is 6.18 Å². The van der Waals surface area contributed by atoms with Crippen LogP contribution in [-0.4, -0.2) is 9.97 Å². The standard InChI is InChI=1S/C11H7ClF3N3/c12-7-1-4-10(17-5-7)18-8-2-3-9(16-6-8)11(13,14)15/h1-6H,(H,17,18). The minimum Gasteiger partial charge on any atom is -0.339 e. The number of nitrogens with zero attached hydrogens (tertiary/aromatic N) is 2. The zero-order valence-corrected chi connectivity index (χ0v) is 9.63. The summed E-state index contributed by atoms with van der Waals surface area (Å²) >= 11 is 5.66. The van der Waals surface area contributed by atoms with Gasteiger partial charge < -0.3 is 5.32 Å². The van der Waals surface area contributed by atoms with Crippen LogP contribution in [0.5, 0.6) is 0 Å². The number of rotatable bonds is 2. The predicted octanol–water partition coefficient (Wildman–Crippen LogP) is 3.89. The fraction of sp³-hybridized carbons (Fsp3) is 0.0909. The molecule has 7 heteroatoms. The Morgan fingerprint density at radius 3 is 2.28 bits per heavy atom. The lowest BCUT2D eigenvalue weighted by Crippen LogP contribution is -2.07. The Morgan fingerprint density at radius 1 is 1.00 bits per heavy atom. The van der Waals surface area contributed by atoms with Gasteiger partial charge in [-0.1, -0.05) is 11.6 Å². The van der Waals surface area contributed by atoms with E-state index in [0.717, 1.165) is 12.3 Å². The zero-order valence-electron chi connectivity index (χ0n) is 8.87. The Balaban J connectivity index is 2.13. The molecule has 0 saturated heterocycles. The molecule has 2 heterocycles. The van der Waals surface area contributed by atoms with Crippen molar-refractivity contribution in [2.45, 2.75) is 6.18 Å². The van der Waals surface area contributed by atoms with Crippen molar-refractivity contribution >= 4 is 23.1 Å². The highest BCUT2D eigenvalue weighted by molar-refractivity contribution is 6.30. The van der Waals surface area contributed by atoms with Crippen molar-refractivity contribution in [2.24, 2.45) is 0 Å². The van der Waals surface area contributed by atoms with Gasteiger partial charge in [-0.2, -0.15) is 13.2 Å². The smallest absolute Gasteiger partial charge is 0.339 e. The molecule has 0 unspecified atom stereocenters. The molecule has 0 bridgehead atoms. The molecule has 2 aromatic rings. The van der Waals surface area contributed by atoms with Crippen molar-refractivity contribution in [2.75, 3.05) is 5.32 Å². The molecule has 0 aliphatic heterocycles. The third kappa shape index (κ3) is 3.10. The number of aromatic nitrogens is 2. The number of hydrogen-bond acceptors (Lipinski definition) is 3. The Bertz CT molecular complexity index is 523. The van der Waals surface area contributed by atoms with Crippen LogP contribution in [0.25, 0.3) is 0 Å². The number of pyridine rings is 2. The maximum atomic E-state index is 12.3. The summed E-state index contributed by atoms with van der Waals surface area (Å²) in [6.07, 6.45) is -1.91. The SMILES string of the molecule is FC(F)(F)c1ccc(Nc2ccc(Cl)cn2)cn1. The minimum atomic E-state index is -4.43. The molecule has 3 nitrogen and oxygen atoms in total. The highest BCUT2D eigenvalue weighted by atomic mass is 35.5.